The average Bonchev–Trinajstić information content (AvgIpc) is 2.12. The highest BCUT2D eigenvalue weighted by Crippen LogP contribution is 2.28. The molecule has 1 atom stereocenters. The second-order valence-electron chi connectivity index (χ2n) is 3.31. The number of carbonyl (C=O) groups excluding carboxylic acids is 1. The minimum atomic E-state index is -0.315. The molecule has 0 saturated heterocycles. The van der Waals surface area contributed by atoms with Gasteiger partial charge in [0.25, 0.3) is 0 Å². The van der Waals surface area contributed by atoms with E-state index in [-0.39, 0.29) is 17.8 Å². The number of hydrogen-bond acceptors (Lipinski definition) is 2. The van der Waals surface area contributed by atoms with E-state index in [1.54, 1.807) is 0 Å². The number of aliphatic hydroxyl groups is 1. The highest BCUT2D eigenvalue weighted by Gasteiger charge is 2.27. The number of hydrogen-bond donors (Lipinski definition) is 1. The topological polar surface area (TPSA) is 37.3 Å². The second-order valence-corrected chi connectivity index (χ2v) is 3.31. The molecule has 0 spiro atoms. The van der Waals surface area contributed by atoms with Crippen LogP contribution in [0.25, 0.3) is 0 Å². The Morgan fingerprint density at radius 2 is 2.25 bits per heavy atom. The third-order valence-corrected chi connectivity index (χ3v) is 2.45. The molecule has 12 heavy (non-hydrogen) atoms. The maximum atomic E-state index is 11.4. The molecule has 0 rings (SSSR count). The van der Waals surface area contributed by atoms with Crippen molar-refractivity contribution in [1.82, 2.24) is 0 Å². The highest BCUT2D eigenvalue weighted by atomic mass is 16.2. The van der Waals surface area contributed by atoms with E-state index in [1.807, 2.05) is 13.8 Å². The van der Waals surface area contributed by atoms with Crippen molar-refractivity contribution < 1.29 is 9.90 Å². The van der Waals surface area contributed by atoms with Crippen molar-refractivity contribution in [3.63, 3.8) is 0 Å². The summed E-state index contributed by atoms with van der Waals surface area (Å²) in [5.74, 6) is 0.0819. The summed E-state index contributed by atoms with van der Waals surface area (Å²) >= 11 is 0. The lowest BCUT2D eigenvalue weighted by Gasteiger charge is -2.24. The van der Waals surface area contributed by atoms with E-state index in [0.29, 0.717) is 6.42 Å². The van der Waals surface area contributed by atoms with Crippen LogP contribution in [0, 0.1) is 5.41 Å². The van der Waals surface area contributed by atoms with Gasteiger partial charge in [-0.05, 0) is 25.3 Å². The van der Waals surface area contributed by atoms with Crippen LogP contribution < -0.4 is 0 Å². The fourth-order valence-corrected chi connectivity index (χ4v) is 1.19. The predicted molar refractivity (Wildman–Crippen MR) is 49.9 cm³/mol. The van der Waals surface area contributed by atoms with E-state index in [9.17, 15) is 4.79 Å². The van der Waals surface area contributed by atoms with Crippen molar-refractivity contribution in [3.8, 4) is 0 Å². The third kappa shape index (κ3) is 2.78. The summed E-state index contributed by atoms with van der Waals surface area (Å²) in [7, 11) is 0. The first kappa shape index (κ1) is 11.4. The van der Waals surface area contributed by atoms with Crippen molar-refractivity contribution in [2.75, 3.05) is 6.61 Å². The summed E-state index contributed by atoms with van der Waals surface area (Å²) < 4.78 is 0. The summed E-state index contributed by atoms with van der Waals surface area (Å²) in [5, 5.41) is 8.64. The summed E-state index contributed by atoms with van der Waals surface area (Å²) in [6.45, 7) is 7.53. The Morgan fingerprint density at radius 3 is 2.58 bits per heavy atom. The zero-order chi connectivity index (χ0) is 9.61. The minimum Gasteiger partial charge on any atom is -0.396 e. The summed E-state index contributed by atoms with van der Waals surface area (Å²) in [4.78, 5) is 11.4. The van der Waals surface area contributed by atoms with Crippen LogP contribution in [0.15, 0.2) is 12.7 Å². The molecule has 0 fully saturated rings. The highest BCUT2D eigenvalue weighted by molar-refractivity contribution is 5.93. The quantitative estimate of drug-likeness (QED) is 0.618. The van der Waals surface area contributed by atoms with Gasteiger partial charge in [-0.1, -0.05) is 20.4 Å². The van der Waals surface area contributed by atoms with Crippen LogP contribution in [-0.4, -0.2) is 17.5 Å². The third-order valence-electron chi connectivity index (χ3n) is 2.45. The van der Waals surface area contributed by atoms with Gasteiger partial charge in [-0.15, -0.1) is 0 Å². The first-order valence-electron chi connectivity index (χ1n) is 4.38. The Bertz CT molecular complexity index is 163. The number of allylic oxidation sites excluding steroid dienone is 1. The maximum absolute atomic E-state index is 11.4. The smallest absolute Gasteiger partial charge is 0.160 e. The van der Waals surface area contributed by atoms with E-state index in [2.05, 4.69) is 6.58 Å². The maximum Gasteiger partial charge on any atom is 0.160 e. The van der Waals surface area contributed by atoms with Gasteiger partial charge in [0, 0.05) is 12.0 Å². The Labute approximate surface area is 74.3 Å². The number of aliphatic hydroxyl groups excluding tert-OH is 1. The van der Waals surface area contributed by atoms with Crippen LogP contribution in [0.1, 0.15) is 33.1 Å². The van der Waals surface area contributed by atoms with Gasteiger partial charge in [-0.2, -0.15) is 0 Å². The first-order valence-corrected chi connectivity index (χ1v) is 4.38. The molecule has 0 aliphatic heterocycles. The van der Waals surface area contributed by atoms with Gasteiger partial charge in [0.05, 0.1) is 0 Å². The Balaban J connectivity index is 4.22. The van der Waals surface area contributed by atoms with E-state index >= 15 is 0 Å². The second kappa shape index (κ2) is 5.09. The van der Waals surface area contributed by atoms with Gasteiger partial charge >= 0.3 is 0 Å². The zero-order valence-electron chi connectivity index (χ0n) is 7.97. The summed E-state index contributed by atoms with van der Waals surface area (Å²) in [5.41, 5.74) is -0.315. The summed E-state index contributed by atoms with van der Waals surface area (Å²) in [6.07, 6.45) is 3.60. The normalized spacial score (nSPS) is 15.2. The van der Waals surface area contributed by atoms with E-state index in [1.165, 1.54) is 6.08 Å². The van der Waals surface area contributed by atoms with E-state index in [4.69, 9.17) is 5.11 Å². The van der Waals surface area contributed by atoms with E-state index < -0.39 is 0 Å². The molecule has 2 nitrogen and oxygen atoms in total. The lowest BCUT2D eigenvalue weighted by molar-refractivity contribution is -0.123. The molecule has 0 aromatic heterocycles. The van der Waals surface area contributed by atoms with Crippen LogP contribution in [0.4, 0.5) is 0 Å². The predicted octanol–water partition coefficient (Wildman–Crippen LogP) is 1.93. The monoisotopic (exact) mass is 170 g/mol. The standard InChI is InChI=1S/C10H18O2/c1-4-9(12)10(3,5-2)7-6-8-11/h4,11H,1,5-8H2,2-3H3. The molecular weight excluding hydrogens is 152 g/mol. The van der Waals surface area contributed by atoms with Crippen LogP contribution in [0.3, 0.4) is 0 Å². The Kier molecular flexibility index (Phi) is 4.83. The van der Waals surface area contributed by atoms with Gasteiger partial charge in [-0.25, -0.2) is 0 Å². The molecule has 0 radical (unpaired) electrons. The molecule has 2 heteroatoms. The molecule has 0 aliphatic rings. The molecule has 70 valence electrons. The van der Waals surface area contributed by atoms with Crippen LogP contribution in [-0.2, 0) is 4.79 Å². The SMILES string of the molecule is C=CC(=O)C(C)(CC)CCCO. The minimum absolute atomic E-state index is 0.0819. The molecule has 1 unspecified atom stereocenters. The van der Waals surface area contributed by atoms with E-state index in [0.717, 1.165) is 12.8 Å². The zero-order valence-corrected chi connectivity index (χ0v) is 7.97. The molecule has 0 aliphatic carbocycles. The summed E-state index contributed by atoms with van der Waals surface area (Å²) in [6, 6.07) is 0. The lowest BCUT2D eigenvalue weighted by atomic mass is 9.79. The van der Waals surface area contributed by atoms with Crippen LogP contribution in [0.2, 0.25) is 0 Å². The van der Waals surface area contributed by atoms with Crippen molar-refractivity contribution in [2.45, 2.75) is 33.1 Å². The lowest BCUT2D eigenvalue weighted by Crippen LogP contribution is -2.25. The Morgan fingerprint density at radius 1 is 1.67 bits per heavy atom. The molecule has 0 saturated carbocycles. The number of rotatable bonds is 6. The molecule has 0 amide bonds. The number of carbonyl (C=O) groups is 1. The van der Waals surface area contributed by atoms with Crippen LogP contribution >= 0.6 is 0 Å². The van der Waals surface area contributed by atoms with Gasteiger partial charge in [0.2, 0.25) is 0 Å². The fraction of sp³-hybridized carbons (Fsp3) is 0.700. The average molecular weight is 170 g/mol. The first-order chi connectivity index (χ1) is 5.60. The number of ketones is 1. The van der Waals surface area contributed by atoms with Crippen molar-refractivity contribution in [1.29, 1.82) is 0 Å². The van der Waals surface area contributed by atoms with Crippen LogP contribution in [0.5, 0.6) is 0 Å². The largest absolute Gasteiger partial charge is 0.396 e. The fourth-order valence-electron chi connectivity index (χ4n) is 1.19. The van der Waals surface area contributed by atoms with Crippen molar-refractivity contribution in [2.24, 2.45) is 5.41 Å². The van der Waals surface area contributed by atoms with Gasteiger partial charge in [0.1, 0.15) is 0 Å². The van der Waals surface area contributed by atoms with Gasteiger partial charge in [-0.3, -0.25) is 4.79 Å². The van der Waals surface area contributed by atoms with Gasteiger partial charge in [0.15, 0.2) is 5.78 Å². The molecule has 0 aromatic rings. The molecule has 0 aromatic carbocycles. The molecule has 0 bridgehead atoms. The Hall–Kier alpha value is -0.630. The molecule has 1 N–H and O–H groups in total. The van der Waals surface area contributed by atoms with Gasteiger partial charge < -0.3 is 5.11 Å². The molecule has 0 heterocycles. The van der Waals surface area contributed by atoms with Crippen molar-refractivity contribution >= 4 is 5.78 Å². The van der Waals surface area contributed by atoms with Crippen molar-refractivity contribution in [3.05, 3.63) is 12.7 Å². The molecular formula is C10H18O2.